The van der Waals surface area contributed by atoms with E-state index in [9.17, 15) is 0 Å². The van der Waals surface area contributed by atoms with Gasteiger partial charge in [0.1, 0.15) is 0 Å². The first-order valence-corrected chi connectivity index (χ1v) is 11.2. The van der Waals surface area contributed by atoms with Crippen molar-refractivity contribution in [2.24, 2.45) is 17.8 Å². The molecule has 0 radical (unpaired) electrons. The Morgan fingerprint density at radius 1 is 1.00 bits per heavy atom. The van der Waals surface area contributed by atoms with Gasteiger partial charge >= 0.3 is 0 Å². The van der Waals surface area contributed by atoms with E-state index in [4.69, 9.17) is 4.98 Å². The van der Waals surface area contributed by atoms with Crippen LogP contribution in [0, 0.1) is 17.8 Å². The molecule has 0 N–H and O–H groups in total. The summed E-state index contributed by atoms with van der Waals surface area (Å²) in [4.78, 5) is 7.09. The van der Waals surface area contributed by atoms with Crippen LogP contribution >= 0.6 is 28.3 Å². The number of aromatic nitrogens is 1. The van der Waals surface area contributed by atoms with Crippen molar-refractivity contribution in [3.8, 4) is 11.3 Å². The molecule has 0 unspecified atom stereocenters. The highest BCUT2D eigenvalue weighted by Crippen LogP contribution is 2.60. The Hall–Kier alpha value is -0.710. The van der Waals surface area contributed by atoms with Crippen molar-refractivity contribution < 1.29 is 0 Å². The molecule has 1 heterocycles. The van der Waals surface area contributed by atoms with Gasteiger partial charge in [0.2, 0.25) is 0 Å². The molecule has 27 heavy (non-hydrogen) atoms. The fraction of sp³-hybridized carbons (Fsp3) is 0.609. The van der Waals surface area contributed by atoms with Gasteiger partial charge in [-0.25, -0.2) is 4.98 Å². The molecule has 2 nitrogen and oxygen atoms in total. The van der Waals surface area contributed by atoms with Crippen LogP contribution in [-0.4, -0.2) is 30.5 Å². The third-order valence-electron chi connectivity index (χ3n) is 7.16. The summed E-state index contributed by atoms with van der Waals surface area (Å²) in [6.45, 7) is 1.07. The minimum absolute atomic E-state index is 0. The molecule has 4 heteroatoms. The summed E-state index contributed by atoms with van der Waals surface area (Å²) in [5.41, 5.74) is 4.56. The van der Waals surface area contributed by atoms with E-state index in [1.807, 2.05) is 0 Å². The number of hydrogen-bond acceptors (Lipinski definition) is 3. The molecule has 2 aromatic rings. The molecule has 4 aliphatic carbocycles. The molecular formula is C23H31BrN2S. The predicted octanol–water partition coefficient (Wildman–Crippen LogP) is 5.96. The van der Waals surface area contributed by atoms with Crippen molar-refractivity contribution in [3.05, 3.63) is 40.2 Å². The van der Waals surface area contributed by atoms with Crippen molar-refractivity contribution in [2.75, 3.05) is 20.6 Å². The molecule has 0 amide bonds. The van der Waals surface area contributed by atoms with Gasteiger partial charge in [0.25, 0.3) is 0 Å². The molecule has 0 saturated heterocycles. The van der Waals surface area contributed by atoms with E-state index in [1.54, 1.807) is 16.9 Å². The van der Waals surface area contributed by atoms with E-state index >= 15 is 0 Å². The lowest BCUT2D eigenvalue weighted by molar-refractivity contribution is -0.00518. The lowest BCUT2D eigenvalue weighted by Crippen LogP contribution is -2.48. The summed E-state index contributed by atoms with van der Waals surface area (Å²) in [5, 5.41) is 3.48. The summed E-state index contributed by atoms with van der Waals surface area (Å²) in [7, 11) is 4.25. The SMILES string of the molecule is Br.CN(C)CCc1nc(-c2ccc(C34CC5CC(CC(C5)C3)C4)cc2)cs1. The molecule has 6 rings (SSSR count). The Labute approximate surface area is 178 Å². The third-order valence-corrected chi connectivity index (χ3v) is 8.06. The van der Waals surface area contributed by atoms with E-state index in [0.717, 1.165) is 36.4 Å². The Kier molecular flexibility index (Phi) is 5.52. The van der Waals surface area contributed by atoms with Crippen molar-refractivity contribution >= 4 is 28.3 Å². The van der Waals surface area contributed by atoms with Crippen LogP contribution in [0.4, 0.5) is 0 Å². The van der Waals surface area contributed by atoms with Crippen LogP contribution in [0.25, 0.3) is 11.3 Å². The van der Waals surface area contributed by atoms with Crippen LogP contribution in [-0.2, 0) is 11.8 Å². The van der Waals surface area contributed by atoms with Crippen molar-refractivity contribution in [2.45, 2.75) is 50.4 Å². The summed E-state index contributed by atoms with van der Waals surface area (Å²) < 4.78 is 0. The fourth-order valence-corrected chi connectivity index (χ4v) is 7.13. The first kappa shape index (κ1) is 19.6. The lowest BCUT2D eigenvalue weighted by Gasteiger charge is -2.57. The van der Waals surface area contributed by atoms with E-state index in [1.165, 1.54) is 49.1 Å². The van der Waals surface area contributed by atoms with E-state index in [0.29, 0.717) is 5.41 Å². The standard InChI is InChI=1S/C23H30N2S.BrH/c1-25(2)8-7-22-24-21(15-26-22)19-3-5-20(6-4-19)23-12-16-9-17(13-23)11-18(10-16)14-23;/h3-6,15-18H,7-14H2,1-2H3;1H. The average Bonchev–Trinajstić information content (AvgIpc) is 3.08. The van der Waals surface area contributed by atoms with Crippen LogP contribution in [0.2, 0.25) is 0 Å². The van der Waals surface area contributed by atoms with Gasteiger partial charge in [0.05, 0.1) is 10.7 Å². The maximum Gasteiger partial charge on any atom is 0.0945 e. The first-order chi connectivity index (χ1) is 12.6. The van der Waals surface area contributed by atoms with Gasteiger partial charge in [-0.3, -0.25) is 0 Å². The Morgan fingerprint density at radius 2 is 1.59 bits per heavy atom. The summed E-state index contributed by atoms with van der Waals surface area (Å²) in [6.07, 6.45) is 9.95. The Bertz CT molecular complexity index is 745. The van der Waals surface area contributed by atoms with Gasteiger partial charge in [-0.05, 0) is 81.4 Å². The van der Waals surface area contributed by atoms with Crippen LogP contribution in [0.5, 0.6) is 0 Å². The quantitative estimate of drug-likeness (QED) is 0.562. The Morgan fingerprint density at radius 3 is 2.15 bits per heavy atom. The lowest BCUT2D eigenvalue weighted by atomic mass is 9.48. The van der Waals surface area contributed by atoms with Gasteiger partial charge < -0.3 is 4.90 Å². The zero-order valence-electron chi connectivity index (χ0n) is 16.5. The number of rotatable bonds is 5. The topological polar surface area (TPSA) is 16.1 Å². The molecule has 1 aromatic carbocycles. The zero-order chi connectivity index (χ0) is 17.7. The molecule has 146 valence electrons. The second kappa shape index (κ2) is 7.61. The van der Waals surface area contributed by atoms with Gasteiger partial charge in [-0.2, -0.15) is 0 Å². The number of thiazole rings is 1. The predicted molar refractivity (Wildman–Crippen MR) is 120 cm³/mol. The minimum atomic E-state index is 0. The van der Waals surface area contributed by atoms with Gasteiger partial charge in [0, 0.05) is 23.9 Å². The van der Waals surface area contributed by atoms with Crippen LogP contribution in [0.1, 0.15) is 49.1 Å². The van der Waals surface area contributed by atoms with Crippen LogP contribution in [0.15, 0.2) is 29.6 Å². The average molecular weight is 447 g/mol. The number of halogens is 1. The normalized spacial score (nSPS) is 31.3. The molecule has 4 fully saturated rings. The van der Waals surface area contributed by atoms with Crippen molar-refractivity contribution in [1.29, 1.82) is 0 Å². The number of hydrogen-bond donors (Lipinski definition) is 0. The molecule has 4 aliphatic rings. The number of likely N-dealkylation sites (N-methyl/N-ethyl adjacent to an activating group) is 1. The summed E-state index contributed by atoms with van der Waals surface area (Å²) in [5.74, 6) is 3.04. The minimum Gasteiger partial charge on any atom is -0.309 e. The van der Waals surface area contributed by atoms with Gasteiger partial charge in [-0.1, -0.05) is 24.3 Å². The van der Waals surface area contributed by atoms with Crippen LogP contribution < -0.4 is 0 Å². The molecular weight excluding hydrogens is 416 g/mol. The summed E-state index contributed by atoms with van der Waals surface area (Å²) in [6, 6.07) is 9.53. The van der Waals surface area contributed by atoms with Crippen LogP contribution in [0.3, 0.4) is 0 Å². The fourth-order valence-electron chi connectivity index (χ4n) is 6.34. The second-order valence-corrected chi connectivity index (χ2v) is 10.4. The van der Waals surface area contributed by atoms with Crippen molar-refractivity contribution in [3.63, 3.8) is 0 Å². The van der Waals surface area contributed by atoms with E-state index < -0.39 is 0 Å². The van der Waals surface area contributed by atoms with E-state index in [-0.39, 0.29) is 17.0 Å². The second-order valence-electron chi connectivity index (χ2n) is 9.45. The highest BCUT2D eigenvalue weighted by molar-refractivity contribution is 8.93. The smallest absolute Gasteiger partial charge is 0.0945 e. The molecule has 4 saturated carbocycles. The monoisotopic (exact) mass is 446 g/mol. The van der Waals surface area contributed by atoms with Gasteiger partial charge in [0.15, 0.2) is 0 Å². The molecule has 0 spiro atoms. The largest absolute Gasteiger partial charge is 0.309 e. The van der Waals surface area contributed by atoms with E-state index in [2.05, 4.69) is 48.6 Å². The maximum atomic E-state index is 4.87. The molecule has 0 atom stereocenters. The molecule has 4 bridgehead atoms. The molecule has 1 aromatic heterocycles. The Balaban J connectivity index is 0.00000180. The maximum absolute atomic E-state index is 4.87. The molecule has 0 aliphatic heterocycles. The summed E-state index contributed by atoms with van der Waals surface area (Å²) >= 11 is 1.80. The third kappa shape index (κ3) is 3.77. The zero-order valence-corrected chi connectivity index (χ0v) is 19.0. The van der Waals surface area contributed by atoms with Gasteiger partial charge in [-0.15, -0.1) is 28.3 Å². The highest BCUT2D eigenvalue weighted by atomic mass is 79.9. The first-order valence-electron chi connectivity index (χ1n) is 10.3. The van der Waals surface area contributed by atoms with Crippen molar-refractivity contribution in [1.82, 2.24) is 9.88 Å². The highest BCUT2D eigenvalue weighted by Gasteiger charge is 2.51. The number of nitrogens with zero attached hydrogens (tertiary/aromatic N) is 2. The number of benzene rings is 1.